The lowest BCUT2D eigenvalue weighted by molar-refractivity contribution is -0.385. The van der Waals surface area contributed by atoms with Gasteiger partial charge in [0.1, 0.15) is 23.2 Å². The Morgan fingerprint density at radius 2 is 1.68 bits per heavy atom. The fourth-order valence-corrected chi connectivity index (χ4v) is 4.66. The van der Waals surface area contributed by atoms with Crippen LogP contribution in [0, 0.1) is 17.0 Å². The first-order valence-electron chi connectivity index (χ1n) is 12.4. The second-order valence-corrected chi connectivity index (χ2v) is 9.21. The van der Waals surface area contributed by atoms with E-state index in [0.717, 1.165) is 5.56 Å². The minimum atomic E-state index is -1.01. The highest BCUT2D eigenvalue weighted by atomic mass is 16.6. The number of anilines is 3. The Kier molecular flexibility index (Phi) is 7.02. The van der Waals surface area contributed by atoms with Gasteiger partial charge in [-0.05, 0) is 44.2 Å². The molecular formula is C29H26N6O5. The summed E-state index contributed by atoms with van der Waals surface area (Å²) in [5.74, 6) is -0.174. The number of nitro groups is 1. The summed E-state index contributed by atoms with van der Waals surface area (Å²) in [5.41, 5.74) is 2.97. The molecule has 5 rings (SSSR count). The third-order valence-corrected chi connectivity index (χ3v) is 6.61. The standard InChI is InChI=1S/C29H26N6O5/c1-17-12-14-19(15-13-17)32-28(36)21-16-30-34-26(20-8-4-6-10-23(20)35(38)39)25(18(2)31-27(21)34)29(37)33-22-9-5-7-11-24(22)40-3/h4-16,26,31H,1-3H3,(H,32,36)(H,33,37)/t26-/m0/s1. The first-order valence-corrected chi connectivity index (χ1v) is 12.4. The predicted molar refractivity (Wildman–Crippen MR) is 151 cm³/mol. The number of allylic oxidation sites excluding steroid dienone is 1. The van der Waals surface area contributed by atoms with Crippen molar-refractivity contribution in [3.05, 3.63) is 117 Å². The molecule has 0 spiro atoms. The number of aromatic nitrogens is 2. The SMILES string of the molecule is COc1ccccc1NC(=O)C1=C(C)Nc2c(C(=O)Nc3ccc(C)cc3)cnn2[C@H]1c1ccccc1[N+](=O)[O-]. The number of methoxy groups -OCH3 is 1. The molecule has 1 aliphatic heterocycles. The van der Waals surface area contributed by atoms with Gasteiger partial charge in [-0.2, -0.15) is 5.10 Å². The second kappa shape index (κ2) is 10.7. The van der Waals surface area contributed by atoms with Crippen LogP contribution in [0.5, 0.6) is 5.75 Å². The van der Waals surface area contributed by atoms with E-state index in [2.05, 4.69) is 21.0 Å². The molecule has 0 saturated heterocycles. The number of nitrogens with zero attached hydrogens (tertiary/aromatic N) is 3. The lowest BCUT2D eigenvalue weighted by Gasteiger charge is -2.30. The number of carbonyl (C=O) groups is 2. The number of carbonyl (C=O) groups excluding carboxylic acids is 2. The Morgan fingerprint density at radius 3 is 2.40 bits per heavy atom. The molecule has 0 aliphatic carbocycles. The molecule has 0 saturated carbocycles. The van der Waals surface area contributed by atoms with Gasteiger partial charge in [-0.3, -0.25) is 19.7 Å². The molecule has 0 fully saturated rings. The van der Waals surface area contributed by atoms with E-state index in [0.29, 0.717) is 28.6 Å². The van der Waals surface area contributed by atoms with Crippen molar-refractivity contribution in [2.75, 3.05) is 23.1 Å². The molecule has 0 unspecified atom stereocenters. The summed E-state index contributed by atoms with van der Waals surface area (Å²) in [7, 11) is 1.49. The molecule has 3 N–H and O–H groups in total. The molecule has 1 aromatic heterocycles. The Hall–Kier alpha value is -5.45. The molecule has 202 valence electrons. The molecule has 0 bridgehead atoms. The number of nitrogens with one attached hydrogen (secondary N) is 3. The van der Waals surface area contributed by atoms with Crippen molar-refractivity contribution in [3.8, 4) is 5.75 Å². The lowest BCUT2D eigenvalue weighted by atomic mass is 9.93. The van der Waals surface area contributed by atoms with Gasteiger partial charge in [-0.15, -0.1) is 0 Å². The Morgan fingerprint density at radius 1 is 0.975 bits per heavy atom. The second-order valence-electron chi connectivity index (χ2n) is 9.21. The molecular weight excluding hydrogens is 512 g/mol. The number of amides is 2. The van der Waals surface area contributed by atoms with Gasteiger partial charge in [-0.25, -0.2) is 4.68 Å². The van der Waals surface area contributed by atoms with E-state index in [4.69, 9.17) is 4.74 Å². The largest absolute Gasteiger partial charge is 0.495 e. The molecule has 0 radical (unpaired) electrons. The van der Waals surface area contributed by atoms with Crippen molar-refractivity contribution in [1.29, 1.82) is 0 Å². The summed E-state index contributed by atoms with van der Waals surface area (Å²) in [6.45, 7) is 3.63. The molecule has 11 nitrogen and oxygen atoms in total. The highest BCUT2D eigenvalue weighted by Crippen LogP contribution is 2.41. The van der Waals surface area contributed by atoms with Crippen LogP contribution in [0.3, 0.4) is 0 Å². The van der Waals surface area contributed by atoms with Crippen molar-refractivity contribution in [1.82, 2.24) is 9.78 Å². The number of fused-ring (bicyclic) bond motifs is 1. The summed E-state index contributed by atoms with van der Waals surface area (Å²) in [6.07, 6.45) is 1.38. The van der Waals surface area contributed by atoms with Crippen LogP contribution in [0.15, 0.2) is 90.3 Å². The van der Waals surface area contributed by atoms with Crippen LogP contribution in [0.1, 0.15) is 34.5 Å². The number of aryl methyl sites for hydroxylation is 1. The minimum Gasteiger partial charge on any atom is -0.495 e. The summed E-state index contributed by atoms with van der Waals surface area (Å²) in [6, 6.07) is 19.4. The minimum absolute atomic E-state index is 0.183. The van der Waals surface area contributed by atoms with E-state index in [-0.39, 0.29) is 22.4 Å². The van der Waals surface area contributed by atoms with Crippen LogP contribution >= 0.6 is 0 Å². The number of hydrogen-bond acceptors (Lipinski definition) is 7. The Balaban J connectivity index is 1.59. The van der Waals surface area contributed by atoms with Gasteiger partial charge >= 0.3 is 0 Å². The van der Waals surface area contributed by atoms with Crippen molar-refractivity contribution < 1.29 is 19.2 Å². The zero-order valence-electron chi connectivity index (χ0n) is 22.0. The predicted octanol–water partition coefficient (Wildman–Crippen LogP) is 5.29. The topological polar surface area (TPSA) is 140 Å². The number of nitro benzene ring substituents is 1. The quantitative estimate of drug-likeness (QED) is 0.215. The maximum absolute atomic E-state index is 13.8. The molecule has 1 aliphatic rings. The van der Waals surface area contributed by atoms with Crippen LogP contribution in [-0.2, 0) is 4.79 Å². The molecule has 2 amide bonds. The average molecular weight is 539 g/mol. The van der Waals surface area contributed by atoms with E-state index in [1.807, 2.05) is 19.1 Å². The zero-order chi connectivity index (χ0) is 28.4. The van der Waals surface area contributed by atoms with Gasteiger partial charge < -0.3 is 20.7 Å². The van der Waals surface area contributed by atoms with Crippen molar-refractivity contribution in [3.63, 3.8) is 0 Å². The fourth-order valence-electron chi connectivity index (χ4n) is 4.66. The highest BCUT2D eigenvalue weighted by Gasteiger charge is 2.38. The zero-order valence-corrected chi connectivity index (χ0v) is 22.0. The van der Waals surface area contributed by atoms with Gasteiger partial charge in [0.25, 0.3) is 17.5 Å². The monoisotopic (exact) mass is 538 g/mol. The third kappa shape index (κ3) is 4.87. The Bertz CT molecular complexity index is 1660. The number of para-hydroxylation sites is 3. The summed E-state index contributed by atoms with van der Waals surface area (Å²) in [5, 5.41) is 25.3. The van der Waals surface area contributed by atoms with Crippen LogP contribution in [0.2, 0.25) is 0 Å². The third-order valence-electron chi connectivity index (χ3n) is 6.61. The first kappa shape index (κ1) is 26.2. The van der Waals surface area contributed by atoms with Gasteiger partial charge in [0.2, 0.25) is 0 Å². The van der Waals surface area contributed by atoms with E-state index in [1.165, 1.54) is 24.1 Å². The van der Waals surface area contributed by atoms with Gasteiger partial charge in [-0.1, -0.05) is 42.0 Å². The Labute approximate surface area is 229 Å². The lowest BCUT2D eigenvalue weighted by Crippen LogP contribution is -2.32. The van der Waals surface area contributed by atoms with E-state index >= 15 is 0 Å². The molecule has 2 heterocycles. The first-order chi connectivity index (χ1) is 19.3. The smallest absolute Gasteiger partial charge is 0.275 e. The van der Waals surface area contributed by atoms with Crippen molar-refractivity contribution >= 4 is 34.7 Å². The molecule has 40 heavy (non-hydrogen) atoms. The molecule has 4 aromatic rings. The average Bonchev–Trinajstić information content (AvgIpc) is 3.37. The number of hydrogen-bond donors (Lipinski definition) is 3. The van der Waals surface area contributed by atoms with E-state index < -0.39 is 22.8 Å². The van der Waals surface area contributed by atoms with E-state index in [9.17, 15) is 19.7 Å². The van der Waals surface area contributed by atoms with Crippen LogP contribution in [-0.4, -0.2) is 33.6 Å². The van der Waals surface area contributed by atoms with Crippen LogP contribution < -0.4 is 20.7 Å². The fraction of sp³-hybridized carbons (Fsp3) is 0.138. The summed E-state index contributed by atoms with van der Waals surface area (Å²) >= 11 is 0. The van der Waals surface area contributed by atoms with E-state index in [1.54, 1.807) is 61.5 Å². The maximum Gasteiger partial charge on any atom is 0.275 e. The number of ether oxygens (including phenoxy) is 1. The van der Waals surface area contributed by atoms with Crippen LogP contribution in [0.25, 0.3) is 0 Å². The number of benzene rings is 3. The van der Waals surface area contributed by atoms with Gasteiger partial charge in [0.15, 0.2) is 0 Å². The van der Waals surface area contributed by atoms with Crippen molar-refractivity contribution in [2.24, 2.45) is 0 Å². The maximum atomic E-state index is 13.8. The van der Waals surface area contributed by atoms with Gasteiger partial charge in [0.05, 0.1) is 35.1 Å². The molecule has 3 aromatic carbocycles. The summed E-state index contributed by atoms with van der Waals surface area (Å²) in [4.78, 5) is 38.5. The molecule has 1 atom stereocenters. The van der Waals surface area contributed by atoms with Crippen LogP contribution in [0.4, 0.5) is 22.9 Å². The molecule has 11 heteroatoms. The summed E-state index contributed by atoms with van der Waals surface area (Å²) < 4.78 is 6.79. The highest BCUT2D eigenvalue weighted by molar-refractivity contribution is 6.10. The normalized spacial score (nSPS) is 14.1. The number of rotatable bonds is 7. The van der Waals surface area contributed by atoms with Gasteiger partial charge in [0, 0.05) is 17.5 Å². The van der Waals surface area contributed by atoms with Crippen molar-refractivity contribution in [2.45, 2.75) is 19.9 Å².